The third kappa shape index (κ3) is 11.9. The van der Waals surface area contributed by atoms with Gasteiger partial charge in [-0.3, -0.25) is 9.59 Å². The lowest BCUT2D eigenvalue weighted by Crippen LogP contribution is -2.11. The number of fused-ring (bicyclic) bond motifs is 2. The van der Waals surface area contributed by atoms with E-state index in [9.17, 15) is 46.9 Å². The zero-order valence-electron chi connectivity index (χ0n) is 35.1. The lowest BCUT2D eigenvalue weighted by atomic mass is 10.0. The Morgan fingerprint density at radius 3 is 1.44 bits per heavy atom. The van der Waals surface area contributed by atoms with Crippen LogP contribution in [0.5, 0.6) is 5.75 Å². The first-order valence-electron chi connectivity index (χ1n) is 19.6. The Bertz CT molecular complexity index is 3390. The molecule has 0 atom stereocenters. The molecular weight excluding hydrogens is 955 g/mol. The molecule has 0 fully saturated rings. The normalized spacial score (nSPS) is 11.3. The summed E-state index contributed by atoms with van der Waals surface area (Å²) in [7, 11) is -5.91. The number of halogens is 1. The van der Waals surface area contributed by atoms with Crippen molar-refractivity contribution in [1.29, 1.82) is 0 Å². The van der Waals surface area contributed by atoms with Crippen LogP contribution in [0.4, 0.5) is 0 Å². The smallest absolute Gasteiger partial charge is 0.537 e. The first-order valence-corrected chi connectivity index (χ1v) is 24.2. The van der Waals surface area contributed by atoms with Crippen LogP contribution >= 0.6 is 15.9 Å². The van der Waals surface area contributed by atoms with Crippen molar-refractivity contribution in [1.82, 2.24) is 19.9 Å². The van der Waals surface area contributed by atoms with E-state index in [1.54, 1.807) is 78.9 Å². The van der Waals surface area contributed by atoms with E-state index in [0.29, 0.717) is 90.3 Å². The average molecular weight is 997 g/mol. The van der Waals surface area contributed by atoms with Crippen LogP contribution in [0.2, 0.25) is 0 Å². The quantitative estimate of drug-likeness (QED) is 0.0666. The fraction of sp³-hybridized carbons (Fsp3) is 0.130. The second-order valence-electron chi connectivity index (χ2n) is 14.6. The summed E-state index contributed by atoms with van der Waals surface area (Å²) in [6.07, 6.45) is 2.28. The van der Waals surface area contributed by atoms with E-state index in [1.165, 1.54) is 36.4 Å². The molecule has 0 aliphatic carbocycles. The van der Waals surface area contributed by atoms with E-state index in [1.807, 2.05) is 6.07 Å². The Labute approximate surface area is 387 Å². The number of hydrogen-bond acceptors (Lipinski definition) is 14. The van der Waals surface area contributed by atoms with Crippen LogP contribution in [-0.4, -0.2) is 82.4 Å². The molecule has 0 unspecified atom stereocenters. The number of hydrogen-bond donors (Lipinski definition) is 7. The monoisotopic (exact) mass is 995 g/mol. The molecule has 0 saturated heterocycles. The van der Waals surface area contributed by atoms with E-state index >= 15 is 0 Å². The van der Waals surface area contributed by atoms with Crippen LogP contribution < -0.4 is 15.8 Å². The Morgan fingerprint density at radius 2 is 1.02 bits per heavy atom. The van der Waals surface area contributed by atoms with Crippen LogP contribution in [0.25, 0.3) is 55.6 Å². The fourth-order valence-corrected chi connectivity index (χ4v) is 8.44. The van der Waals surface area contributed by atoms with Crippen molar-refractivity contribution in [3.8, 4) is 39.8 Å². The van der Waals surface area contributed by atoms with E-state index in [-0.39, 0.29) is 47.3 Å². The minimum Gasteiger partial charge on any atom is -0.537 e. The molecule has 0 spiro atoms. The number of benzene rings is 4. The van der Waals surface area contributed by atoms with Gasteiger partial charge in [-0.2, -0.15) is 0 Å². The summed E-state index contributed by atoms with van der Waals surface area (Å²) >= 11 is 3.30. The van der Waals surface area contributed by atoms with Gasteiger partial charge in [0.05, 0.1) is 75.5 Å². The molecule has 0 bridgehead atoms. The number of sulfone groups is 2. The maximum absolute atomic E-state index is 12.7. The highest BCUT2D eigenvalue weighted by Crippen LogP contribution is 2.27. The zero-order chi connectivity index (χ0) is 47.8. The molecule has 0 saturated carbocycles. The highest BCUT2D eigenvalue weighted by molar-refractivity contribution is 9.10. The van der Waals surface area contributed by atoms with Crippen molar-refractivity contribution >= 4 is 64.8 Å². The molecule has 4 aromatic carbocycles. The van der Waals surface area contributed by atoms with Crippen molar-refractivity contribution in [2.75, 3.05) is 12.5 Å². The first-order chi connectivity index (χ1) is 31.5. The van der Waals surface area contributed by atoms with Gasteiger partial charge >= 0.3 is 7.69 Å². The summed E-state index contributed by atoms with van der Waals surface area (Å²) in [5, 5.41) is 48.2. The minimum atomic E-state index is -3.29. The lowest BCUT2D eigenvalue weighted by Gasteiger charge is -2.10. The van der Waals surface area contributed by atoms with Gasteiger partial charge in [0, 0.05) is 18.1 Å². The fourth-order valence-electron chi connectivity index (χ4n) is 6.84. The van der Waals surface area contributed by atoms with Gasteiger partial charge in [-0.15, -0.1) is 0 Å². The molecule has 339 valence electrons. The molecule has 0 amide bonds. The van der Waals surface area contributed by atoms with Crippen LogP contribution in [0.1, 0.15) is 22.3 Å². The van der Waals surface area contributed by atoms with E-state index in [4.69, 9.17) is 5.02 Å². The molecule has 16 nitrogen and oxygen atoms in total. The van der Waals surface area contributed by atoms with Crippen molar-refractivity contribution in [3.05, 3.63) is 169 Å². The van der Waals surface area contributed by atoms with Gasteiger partial charge in [-0.05, 0) is 134 Å². The van der Waals surface area contributed by atoms with Gasteiger partial charge in [0.15, 0.2) is 19.7 Å². The Morgan fingerprint density at radius 1 is 0.576 bits per heavy atom. The van der Waals surface area contributed by atoms with E-state index in [0.717, 1.165) is 18.1 Å². The van der Waals surface area contributed by atoms with Gasteiger partial charge in [0.1, 0.15) is 10.4 Å². The summed E-state index contributed by atoms with van der Waals surface area (Å²) < 4.78 is 50.6. The minimum absolute atomic E-state index is 0.153. The molecule has 7 N–H and O–H groups in total. The van der Waals surface area contributed by atoms with E-state index < -0.39 is 19.7 Å². The van der Waals surface area contributed by atoms with Crippen LogP contribution in [0.3, 0.4) is 0 Å². The van der Waals surface area contributed by atoms with Crippen molar-refractivity contribution in [2.24, 2.45) is 0 Å². The van der Waals surface area contributed by atoms with E-state index in [2.05, 4.69) is 40.5 Å². The van der Waals surface area contributed by atoms with Crippen molar-refractivity contribution in [3.63, 3.8) is 0 Å². The number of aliphatic hydroxyl groups is 4. The molecule has 0 aliphatic heterocycles. The summed E-state index contributed by atoms with van der Waals surface area (Å²) in [5.41, 5.74) is 5.14. The Balaban J connectivity index is 0.000000179. The molecular formula is C46H41BBrN4O12S2. The Kier molecular flexibility index (Phi) is 15.8. The molecule has 4 aromatic heterocycles. The maximum atomic E-state index is 12.7. The van der Waals surface area contributed by atoms with Gasteiger partial charge in [-0.1, -0.05) is 36.4 Å². The molecule has 66 heavy (non-hydrogen) atoms. The third-order valence-corrected chi connectivity index (χ3v) is 12.6. The molecule has 8 rings (SSSR count). The van der Waals surface area contributed by atoms with Gasteiger partial charge in [-0.25, -0.2) is 26.8 Å². The highest BCUT2D eigenvalue weighted by Gasteiger charge is 2.14. The van der Waals surface area contributed by atoms with Crippen molar-refractivity contribution in [2.45, 2.75) is 36.2 Å². The number of aliphatic hydroxyl groups excluding tert-OH is 4. The molecule has 0 aliphatic rings. The summed E-state index contributed by atoms with van der Waals surface area (Å²) in [4.78, 5) is 40.1. The number of nitrogens with zero attached hydrogens (tertiary/aromatic N) is 2. The number of aromatic nitrogens is 4. The van der Waals surface area contributed by atoms with Crippen LogP contribution in [0, 0.1) is 0 Å². The second kappa shape index (κ2) is 21.3. The SMILES string of the molecule is CS(=O)(=O)c1ccc(-c2cccc(-c3cc4cc(CO)cc(CO)c4c(=O)[nH]3)n2)cc1.CS(=O)(=O)c1ccc(O[B]O)cc1.O=c1[nH]c(-c2cccc(Br)n2)cc2cc(CO)cc(CO)c12. The number of H-pyrrole nitrogens is 2. The Hall–Kier alpha value is -6.36. The molecule has 4 heterocycles. The largest absolute Gasteiger partial charge is 0.569 e. The molecule has 20 heteroatoms. The third-order valence-electron chi connectivity index (χ3n) is 9.91. The number of nitrogens with one attached hydrogen (secondary N) is 2. The van der Waals surface area contributed by atoms with Crippen molar-refractivity contribution < 1.29 is 46.9 Å². The second-order valence-corrected chi connectivity index (χ2v) is 19.5. The number of pyridine rings is 4. The van der Waals surface area contributed by atoms with Crippen LogP contribution in [-0.2, 0) is 46.1 Å². The summed E-state index contributed by atoms with van der Waals surface area (Å²) in [5.74, 6) is 0.384. The van der Waals surface area contributed by atoms with Gasteiger partial charge in [0.2, 0.25) is 0 Å². The molecule has 1 radical (unpaired) electrons. The molecule has 8 aromatic rings. The standard InChI is InChI=1S/C23H20N2O5S.C16H13BrN2O3.C7H8BO4S/c1-31(29,30)18-7-5-15(6-8-18)19-3-2-4-20(24-19)21-11-16-9-14(12-26)10-17(13-27)22(16)23(28)25-21;17-14-3-1-2-12(18-14)13-6-10-4-9(7-20)5-11(8-21)15(10)16(22)19-13;1-13(10,11)7-4-2-6(3-5-7)12-8-9/h2-11,26-27H,12-13H2,1H3,(H,25,28);1-6,20-21H,7-8H2,(H,19,22);2-5,9H,1H3. The van der Waals surface area contributed by atoms with Gasteiger partial charge < -0.3 is 40.1 Å². The highest BCUT2D eigenvalue weighted by atomic mass is 79.9. The topological polar surface area (TPSA) is 270 Å². The lowest BCUT2D eigenvalue weighted by molar-refractivity contribution is 0.276. The predicted octanol–water partition coefficient (Wildman–Crippen LogP) is 4.98. The summed E-state index contributed by atoms with van der Waals surface area (Å²) in [6.45, 7) is -0.936. The number of aromatic amines is 2. The van der Waals surface area contributed by atoms with Crippen LogP contribution in [0.15, 0.2) is 145 Å². The zero-order valence-corrected chi connectivity index (χ0v) is 38.4. The predicted molar refractivity (Wildman–Crippen MR) is 254 cm³/mol. The summed E-state index contributed by atoms with van der Waals surface area (Å²) in [6, 6.07) is 33.2. The van der Waals surface area contributed by atoms with Gasteiger partial charge in [0.25, 0.3) is 11.1 Å². The maximum Gasteiger partial charge on any atom is 0.569 e. The number of rotatable bonds is 11. The first kappa shape index (κ1) is 49.1. The average Bonchev–Trinajstić information content (AvgIpc) is 3.30.